The number of rotatable bonds is 3. The van der Waals surface area contributed by atoms with E-state index >= 15 is 0 Å². The Morgan fingerprint density at radius 3 is 3.00 bits per heavy atom. The van der Waals surface area contributed by atoms with Gasteiger partial charge in [-0.05, 0) is 34.7 Å². The molecule has 0 amide bonds. The van der Waals surface area contributed by atoms with Crippen LogP contribution in [-0.2, 0) is 6.54 Å². The van der Waals surface area contributed by atoms with E-state index in [9.17, 15) is 0 Å². The molecule has 2 N–H and O–H groups in total. The van der Waals surface area contributed by atoms with Crippen LogP contribution < -0.4 is 5.32 Å². The van der Waals surface area contributed by atoms with Gasteiger partial charge in [0.25, 0.3) is 0 Å². The van der Waals surface area contributed by atoms with Crippen LogP contribution in [-0.4, -0.2) is 16.2 Å². The Balaban J connectivity index is 1.77. The molecule has 1 aromatic rings. The van der Waals surface area contributed by atoms with Gasteiger partial charge < -0.3 is 5.32 Å². The molecule has 2 rings (SSSR count). The van der Waals surface area contributed by atoms with Gasteiger partial charge in [0.2, 0.25) is 0 Å². The summed E-state index contributed by atoms with van der Waals surface area (Å²) >= 11 is 3.43. The van der Waals surface area contributed by atoms with Crippen LogP contribution in [0.15, 0.2) is 10.7 Å². The molecule has 0 unspecified atom stereocenters. The SMILES string of the molecule is CC1CC(NCc2[nH]ncc2Br)C1. The molecule has 4 heteroatoms. The normalized spacial score (nSPS) is 27.2. The van der Waals surface area contributed by atoms with Gasteiger partial charge in [-0.3, -0.25) is 5.10 Å². The maximum atomic E-state index is 3.95. The second-order valence-electron chi connectivity index (χ2n) is 3.85. The molecule has 1 aliphatic rings. The fourth-order valence-electron chi connectivity index (χ4n) is 1.74. The Bertz CT molecular complexity index is 278. The largest absolute Gasteiger partial charge is 0.308 e. The Morgan fingerprint density at radius 1 is 1.69 bits per heavy atom. The summed E-state index contributed by atoms with van der Waals surface area (Å²) in [4.78, 5) is 0. The van der Waals surface area contributed by atoms with Gasteiger partial charge in [0.05, 0.1) is 16.4 Å². The van der Waals surface area contributed by atoms with Gasteiger partial charge in [-0.15, -0.1) is 0 Å². The van der Waals surface area contributed by atoms with Gasteiger partial charge in [-0.1, -0.05) is 6.92 Å². The topological polar surface area (TPSA) is 40.7 Å². The Morgan fingerprint density at radius 2 is 2.46 bits per heavy atom. The molecule has 1 heterocycles. The van der Waals surface area contributed by atoms with Crippen molar-refractivity contribution >= 4 is 15.9 Å². The quantitative estimate of drug-likeness (QED) is 0.854. The summed E-state index contributed by atoms with van der Waals surface area (Å²) in [5.41, 5.74) is 1.14. The highest BCUT2D eigenvalue weighted by Crippen LogP contribution is 2.26. The Kier molecular flexibility index (Phi) is 2.69. The van der Waals surface area contributed by atoms with Gasteiger partial charge in [0, 0.05) is 12.6 Å². The van der Waals surface area contributed by atoms with Gasteiger partial charge >= 0.3 is 0 Å². The maximum Gasteiger partial charge on any atom is 0.0633 e. The third-order valence-corrected chi connectivity index (χ3v) is 3.29. The maximum absolute atomic E-state index is 3.95. The smallest absolute Gasteiger partial charge is 0.0633 e. The number of H-pyrrole nitrogens is 1. The molecule has 72 valence electrons. The molecule has 0 radical (unpaired) electrons. The highest BCUT2D eigenvalue weighted by atomic mass is 79.9. The number of aromatic nitrogens is 2. The second-order valence-corrected chi connectivity index (χ2v) is 4.71. The summed E-state index contributed by atoms with van der Waals surface area (Å²) in [7, 11) is 0. The van der Waals surface area contributed by atoms with E-state index in [0.717, 1.165) is 22.6 Å². The fraction of sp³-hybridized carbons (Fsp3) is 0.667. The minimum Gasteiger partial charge on any atom is -0.308 e. The van der Waals surface area contributed by atoms with Gasteiger partial charge in [0.1, 0.15) is 0 Å². The van der Waals surface area contributed by atoms with Crippen molar-refractivity contribution in [2.75, 3.05) is 0 Å². The van der Waals surface area contributed by atoms with Gasteiger partial charge in [0.15, 0.2) is 0 Å². The van der Waals surface area contributed by atoms with Crippen LogP contribution in [0.2, 0.25) is 0 Å². The van der Waals surface area contributed by atoms with Crippen molar-refractivity contribution in [3.05, 3.63) is 16.4 Å². The molecule has 1 saturated carbocycles. The van der Waals surface area contributed by atoms with Crippen LogP contribution in [0, 0.1) is 5.92 Å². The van der Waals surface area contributed by atoms with Crippen LogP contribution >= 0.6 is 15.9 Å². The number of halogens is 1. The Labute approximate surface area is 86.4 Å². The fourth-order valence-corrected chi connectivity index (χ4v) is 2.07. The van der Waals surface area contributed by atoms with Crippen LogP contribution in [0.4, 0.5) is 0 Å². The monoisotopic (exact) mass is 243 g/mol. The van der Waals surface area contributed by atoms with E-state index in [1.165, 1.54) is 12.8 Å². The molecular formula is C9H14BrN3. The summed E-state index contributed by atoms with van der Waals surface area (Å²) in [6.07, 6.45) is 4.41. The number of nitrogens with one attached hydrogen (secondary N) is 2. The molecule has 0 saturated heterocycles. The molecule has 0 bridgehead atoms. The zero-order chi connectivity index (χ0) is 9.26. The third-order valence-electron chi connectivity index (χ3n) is 2.61. The van der Waals surface area contributed by atoms with E-state index in [4.69, 9.17) is 0 Å². The minimum absolute atomic E-state index is 0.713. The lowest BCUT2D eigenvalue weighted by Gasteiger charge is -2.33. The molecule has 3 nitrogen and oxygen atoms in total. The molecule has 1 aliphatic carbocycles. The molecular weight excluding hydrogens is 230 g/mol. The first-order chi connectivity index (χ1) is 6.25. The molecule has 0 atom stereocenters. The van der Waals surface area contributed by atoms with E-state index in [2.05, 4.69) is 38.4 Å². The molecule has 13 heavy (non-hydrogen) atoms. The van der Waals surface area contributed by atoms with Crippen molar-refractivity contribution in [1.82, 2.24) is 15.5 Å². The lowest BCUT2D eigenvalue weighted by atomic mass is 9.82. The van der Waals surface area contributed by atoms with Crippen molar-refractivity contribution in [3.8, 4) is 0 Å². The van der Waals surface area contributed by atoms with Crippen LogP contribution in [0.3, 0.4) is 0 Å². The highest BCUT2D eigenvalue weighted by Gasteiger charge is 2.24. The van der Waals surface area contributed by atoms with Crippen LogP contribution in [0.1, 0.15) is 25.5 Å². The van der Waals surface area contributed by atoms with E-state index in [0.29, 0.717) is 6.04 Å². The Hall–Kier alpha value is -0.350. The van der Waals surface area contributed by atoms with Crippen molar-refractivity contribution in [2.24, 2.45) is 5.92 Å². The summed E-state index contributed by atoms with van der Waals surface area (Å²) in [6, 6.07) is 0.713. The summed E-state index contributed by atoms with van der Waals surface area (Å²) < 4.78 is 1.06. The summed E-state index contributed by atoms with van der Waals surface area (Å²) in [5.74, 6) is 0.905. The van der Waals surface area contributed by atoms with Crippen molar-refractivity contribution in [2.45, 2.75) is 32.4 Å². The zero-order valence-electron chi connectivity index (χ0n) is 7.68. The first kappa shape index (κ1) is 9.21. The predicted octanol–water partition coefficient (Wildman–Crippen LogP) is 2.06. The number of hydrogen-bond donors (Lipinski definition) is 2. The molecule has 0 aromatic carbocycles. The molecule has 0 aliphatic heterocycles. The summed E-state index contributed by atoms with van der Waals surface area (Å²) in [6.45, 7) is 3.18. The van der Waals surface area contributed by atoms with Crippen molar-refractivity contribution in [3.63, 3.8) is 0 Å². The zero-order valence-corrected chi connectivity index (χ0v) is 9.26. The highest BCUT2D eigenvalue weighted by molar-refractivity contribution is 9.10. The van der Waals surface area contributed by atoms with E-state index in [1.807, 2.05) is 0 Å². The lowest BCUT2D eigenvalue weighted by Crippen LogP contribution is -2.39. The third kappa shape index (κ3) is 2.11. The number of hydrogen-bond acceptors (Lipinski definition) is 2. The lowest BCUT2D eigenvalue weighted by molar-refractivity contribution is 0.239. The second kappa shape index (κ2) is 3.80. The van der Waals surface area contributed by atoms with Crippen molar-refractivity contribution < 1.29 is 0 Å². The van der Waals surface area contributed by atoms with E-state index < -0.39 is 0 Å². The minimum atomic E-state index is 0.713. The number of aromatic amines is 1. The molecule has 1 fully saturated rings. The first-order valence-electron chi connectivity index (χ1n) is 4.67. The molecule has 0 spiro atoms. The van der Waals surface area contributed by atoms with E-state index in [-0.39, 0.29) is 0 Å². The number of nitrogens with zero attached hydrogens (tertiary/aromatic N) is 1. The van der Waals surface area contributed by atoms with Gasteiger partial charge in [-0.25, -0.2) is 0 Å². The first-order valence-corrected chi connectivity index (χ1v) is 5.46. The van der Waals surface area contributed by atoms with Gasteiger partial charge in [-0.2, -0.15) is 5.10 Å². The standard InChI is InChI=1S/C9H14BrN3/c1-6-2-7(3-6)11-5-9-8(10)4-12-13-9/h4,6-7,11H,2-3,5H2,1H3,(H,12,13). The average Bonchev–Trinajstić information content (AvgIpc) is 2.43. The average molecular weight is 244 g/mol. The van der Waals surface area contributed by atoms with Crippen LogP contribution in [0.5, 0.6) is 0 Å². The van der Waals surface area contributed by atoms with Crippen LogP contribution in [0.25, 0.3) is 0 Å². The van der Waals surface area contributed by atoms with Crippen molar-refractivity contribution in [1.29, 1.82) is 0 Å². The predicted molar refractivity (Wildman–Crippen MR) is 55.3 cm³/mol. The van der Waals surface area contributed by atoms with E-state index in [1.54, 1.807) is 6.20 Å². The molecule has 1 aromatic heterocycles. The summed E-state index contributed by atoms with van der Waals surface area (Å²) in [5, 5.41) is 10.4.